The van der Waals surface area contributed by atoms with E-state index >= 15 is 0 Å². The molecule has 2 rings (SSSR count). The van der Waals surface area contributed by atoms with Gasteiger partial charge in [0.2, 0.25) is 0 Å². The normalized spacial score (nSPS) is 11.3. The van der Waals surface area contributed by atoms with Crippen LogP contribution in [0.1, 0.15) is 5.56 Å². The van der Waals surface area contributed by atoms with Crippen molar-refractivity contribution in [3.8, 4) is 6.07 Å². The summed E-state index contributed by atoms with van der Waals surface area (Å²) in [6.45, 7) is 0. The number of carbonyl (C=O) groups is 1. The van der Waals surface area contributed by atoms with Crippen molar-refractivity contribution in [3.05, 3.63) is 39.2 Å². The van der Waals surface area contributed by atoms with Gasteiger partial charge >= 0.3 is 5.97 Å². The number of methoxy groups -OCH3 is 1. The minimum absolute atomic E-state index is 0.00507. The van der Waals surface area contributed by atoms with Gasteiger partial charge in [0.05, 0.1) is 10.9 Å². The molecule has 0 radical (unpaired) electrons. The number of fused-ring (bicyclic) bond motifs is 1. The van der Waals surface area contributed by atoms with E-state index in [0.29, 0.717) is 0 Å². The predicted molar refractivity (Wildman–Crippen MR) is 75.1 cm³/mol. The second-order valence-corrected chi connectivity index (χ2v) is 5.91. The summed E-state index contributed by atoms with van der Waals surface area (Å²) in [5, 5.41) is 10.0. The molecule has 18 heavy (non-hydrogen) atoms. The molecule has 0 saturated heterocycles. The summed E-state index contributed by atoms with van der Waals surface area (Å²) in [7, 11) is 1.26. The highest BCUT2D eigenvalue weighted by Crippen LogP contribution is 2.33. The van der Waals surface area contributed by atoms with Crippen LogP contribution < -0.4 is 0 Å². The van der Waals surface area contributed by atoms with Crippen LogP contribution in [0.25, 0.3) is 16.2 Å². The highest BCUT2D eigenvalue weighted by atomic mass is 79.9. The van der Waals surface area contributed by atoms with Crippen LogP contribution in [0.5, 0.6) is 0 Å². The molecule has 0 saturated carbocycles. The maximum absolute atomic E-state index is 11.4. The van der Waals surface area contributed by atoms with Crippen molar-refractivity contribution in [2.45, 2.75) is 0 Å². The van der Waals surface area contributed by atoms with Gasteiger partial charge in [-0.25, -0.2) is 4.79 Å². The maximum atomic E-state index is 11.4. The highest BCUT2D eigenvalue weighted by molar-refractivity contribution is 9.11. The second kappa shape index (κ2) is 5.34. The zero-order valence-electron chi connectivity index (χ0n) is 9.44. The topological polar surface area (TPSA) is 50.1 Å². The number of hydrogen-bond acceptors (Lipinski definition) is 4. The molecule has 0 aliphatic heterocycles. The lowest BCUT2D eigenvalue weighted by Crippen LogP contribution is -2.02. The number of esters is 1. The number of thiophene rings is 1. The average molecular weight is 322 g/mol. The molecule has 1 aromatic carbocycles. The third-order valence-corrected chi connectivity index (χ3v) is 4.07. The van der Waals surface area contributed by atoms with Crippen molar-refractivity contribution in [1.29, 1.82) is 5.26 Å². The maximum Gasteiger partial charge on any atom is 0.348 e. The molecule has 90 valence electrons. The standard InChI is InChI=1S/C13H8BrNO2S/c1-17-13(16)10(7-15)5-8-3-2-4-9-6-11(14)18-12(8)9/h2-6H,1H3. The van der Waals surface area contributed by atoms with Crippen LogP contribution in [0, 0.1) is 11.3 Å². The first kappa shape index (κ1) is 12.8. The molecule has 0 unspecified atom stereocenters. The summed E-state index contributed by atoms with van der Waals surface area (Å²) in [4.78, 5) is 11.4. The van der Waals surface area contributed by atoms with Gasteiger partial charge < -0.3 is 4.74 Å². The molecule has 0 N–H and O–H groups in total. The van der Waals surface area contributed by atoms with E-state index in [0.717, 1.165) is 19.4 Å². The summed E-state index contributed by atoms with van der Waals surface area (Å²) in [5.74, 6) is -0.620. The fourth-order valence-corrected chi connectivity index (χ4v) is 3.17. The molecule has 0 aliphatic carbocycles. The third kappa shape index (κ3) is 2.45. The van der Waals surface area contributed by atoms with Crippen molar-refractivity contribution in [2.24, 2.45) is 0 Å². The molecule has 0 amide bonds. The number of nitriles is 1. The van der Waals surface area contributed by atoms with Crippen molar-refractivity contribution in [1.82, 2.24) is 0 Å². The van der Waals surface area contributed by atoms with Gasteiger partial charge in [-0.3, -0.25) is 0 Å². The van der Waals surface area contributed by atoms with E-state index in [1.165, 1.54) is 7.11 Å². The van der Waals surface area contributed by atoms with Crippen LogP contribution in [0.2, 0.25) is 0 Å². The van der Waals surface area contributed by atoms with Crippen LogP contribution in [-0.4, -0.2) is 13.1 Å². The van der Waals surface area contributed by atoms with Crippen LogP contribution in [0.3, 0.4) is 0 Å². The van der Waals surface area contributed by atoms with Crippen molar-refractivity contribution < 1.29 is 9.53 Å². The molecule has 0 fully saturated rings. The van der Waals surface area contributed by atoms with Crippen LogP contribution in [0.15, 0.2) is 33.6 Å². The van der Waals surface area contributed by atoms with Gasteiger partial charge in [0.15, 0.2) is 0 Å². The lowest BCUT2D eigenvalue weighted by Gasteiger charge is -1.98. The Hall–Kier alpha value is -1.64. The van der Waals surface area contributed by atoms with E-state index in [4.69, 9.17) is 5.26 Å². The van der Waals surface area contributed by atoms with Gasteiger partial charge in [-0.15, -0.1) is 11.3 Å². The predicted octanol–water partition coefficient (Wildman–Crippen LogP) is 3.74. The molecule has 0 bridgehead atoms. The summed E-state index contributed by atoms with van der Waals surface area (Å²) in [6, 6.07) is 9.59. The Morgan fingerprint density at radius 1 is 1.56 bits per heavy atom. The lowest BCUT2D eigenvalue weighted by molar-refractivity contribution is -0.135. The molecule has 1 heterocycles. The average Bonchev–Trinajstić information content (AvgIpc) is 2.76. The number of benzene rings is 1. The minimum Gasteiger partial charge on any atom is -0.465 e. The molecule has 3 nitrogen and oxygen atoms in total. The molecule has 0 aliphatic rings. The van der Waals surface area contributed by atoms with Crippen molar-refractivity contribution >= 4 is 49.4 Å². The monoisotopic (exact) mass is 321 g/mol. The molecule has 5 heteroatoms. The number of ether oxygens (including phenoxy) is 1. The fourth-order valence-electron chi connectivity index (χ4n) is 1.57. The van der Waals surface area contributed by atoms with E-state index in [-0.39, 0.29) is 5.57 Å². The lowest BCUT2D eigenvalue weighted by atomic mass is 10.1. The van der Waals surface area contributed by atoms with Crippen LogP contribution in [-0.2, 0) is 9.53 Å². The first-order valence-electron chi connectivity index (χ1n) is 5.04. The SMILES string of the molecule is COC(=O)C(C#N)=Cc1cccc2cc(Br)sc12. The second-order valence-electron chi connectivity index (χ2n) is 3.48. The quantitative estimate of drug-likeness (QED) is 0.481. The minimum atomic E-state index is -0.620. The van der Waals surface area contributed by atoms with Gasteiger partial charge in [0.1, 0.15) is 11.6 Å². The summed E-state index contributed by atoms with van der Waals surface area (Å²) < 4.78 is 6.60. The van der Waals surface area contributed by atoms with E-state index < -0.39 is 5.97 Å². The van der Waals surface area contributed by atoms with Crippen LogP contribution in [0.4, 0.5) is 0 Å². The van der Waals surface area contributed by atoms with Crippen molar-refractivity contribution in [3.63, 3.8) is 0 Å². The Labute approximate surface area is 116 Å². The van der Waals surface area contributed by atoms with Gasteiger partial charge in [-0.05, 0) is 39.0 Å². The van der Waals surface area contributed by atoms with E-state index in [2.05, 4.69) is 20.7 Å². The first-order chi connectivity index (χ1) is 8.65. The Morgan fingerprint density at radius 3 is 3.00 bits per heavy atom. The van der Waals surface area contributed by atoms with Crippen LogP contribution >= 0.6 is 27.3 Å². The molecule has 1 aromatic heterocycles. The Balaban J connectivity index is 2.58. The number of hydrogen-bond donors (Lipinski definition) is 0. The number of rotatable bonds is 2. The number of nitrogens with zero attached hydrogens (tertiary/aromatic N) is 1. The van der Waals surface area contributed by atoms with E-state index in [1.54, 1.807) is 17.4 Å². The van der Waals surface area contributed by atoms with Gasteiger partial charge in [-0.2, -0.15) is 5.26 Å². The fraction of sp³-hybridized carbons (Fsp3) is 0.0769. The Morgan fingerprint density at radius 2 is 2.33 bits per heavy atom. The summed E-state index contributed by atoms with van der Waals surface area (Å²) in [6.07, 6.45) is 1.55. The molecular weight excluding hydrogens is 314 g/mol. The third-order valence-electron chi connectivity index (χ3n) is 2.37. The van der Waals surface area contributed by atoms with Crippen molar-refractivity contribution in [2.75, 3.05) is 7.11 Å². The van der Waals surface area contributed by atoms with Gasteiger partial charge in [0.25, 0.3) is 0 Å². The zero-order valence-corrected chi connectivity index (χ0v) is 11.8. The number of carbonyl (C=O) groups excluding carboxylic acids is 1. The van der Waals surface area contributed by atoms with E-state index in [9.17, 15) is 4.79 Å². The van der Waals surface area contributed by atoms with E-state index in [1.807, 2.05) is 30.3 Å². The zero-order chi connectivity index (χ0) is 13.1. The Bertz CT molecular complexity index is 682. The summed E-state index contributed by atoms with van der Waals surface area (Å²) >= 11 is 4.99. The first-order valence-corrected chi connectivity index (χ1v) is 6.65. The number of halogens is 1. The Kier molecular flexibility index (Phi) is 3.80. The molecular formula is C13H8BrNO2S. The molecule has 0 atom stereocenters. The molecule has 2 aromatic rings. The smallest absolute Gasteiger partial charge is 0.348 e. The molecule has 0 spiro atoms. The van der Waals surface area contributed by atoms with Gasteiger partial charge in [-0.1, -0.05) is 18.2 Å². The van der Waals surface area contributed by atoms with Gasteiger partial charge in [0, 0.05) is 4.70 Å². The largest absolute Gasteiger partial charge is 0.465 e. The summed E-state index contributed by atoms with van der Waals surface area (Å²) in [5.41, 5.74) is 0.833. The highest BCUT2D eigenvalue weighted by Gasteiger charge is 2.10.